The first-order chi connectivity index (χ1) is 6.10. The van der Waals surface area contributed by atoms with Gasteiger partial charge in [0.25, 0.3) is 0 Å². The molecule has 74 valence electrons. The zero-order chi connectivity index (χ0) is 9.90. The summed E-state index contributed by atoms with van der Waals surface area (Å²) in [4.78, 5) is 4.36. The molecule has 0 aromatic heterocycles. The number of rotatable bonds is 4. The molecule has 1 rings (SSSR count). The minimum atomic E-state index is -0.157. The fourth-order valence-corrected chi connectivity index (χ4v) is 1.77. The molecule has 0 aromatic rings. The average Bonchev–Trinajstić information content (AvgIpc) is 2.37. The molecule has 0 aromatic carbocycles. The molecule has 0 bridgehead atoms. The maximum Gasteiger partial charge on any atom is 0.241 e. The number of hydroxylamine groups is 3. The summed E-state index contributed by atoms with van der Waals surface area (Å²) < 4.78 is -0.157. The van der Waals surface area contributed by atoms with Gasteiger partial charge in [-0.15, -0.1) is 16.4 Å². The molecule has 1 unspecified atom stereocenters. The third-order valence-electron chi connectivity index (χ3n) is 2.09. The molecule has 13 heavy (non-hydrogen) atoms. The summed E-state index contributed by atoms with van der Waals surface area (Å²) in [7, 11) is 1.75. The summed E-state index contributed by atoms with van der Waals surface area (Å²) in [6, 6.07) is 0. The van der Waals surface area contributed by atoms with Crippen molar-refractivity contribution in [3.8, 4) is 0 Å². The van der Waals surface area contributed by atoms with Gasteiger partial charge in [-0.3, -0.25) is 0 Å². The van der Waals surface area contributed by atoms with Crippen LogP contribution in [0.3, 0.4) is 0 Å². The first-order valence-electron chi connectivity index (χ1n) is 4.54. The third-order valence-corrected chi connectivity index (χ3v) is 2.70. The summed E-state index contributed by atoms with van der Waals surface area (Å²) in [5, 5.41) is 10.8. The van der Waals surface area contributed by atoms with Crippen molar-refractivity contribution in [1.82, 2.24) is 0 Å². The molecule has 1 aliphatic rings. The number of aliphatic imine (C=N–C) groups is 1. The summed E-state index contributed by atoms with van der Waals surface area (Å²) in [5.41, 5.74) is 0. The number of hydrogen-bond acceptors (Lipinski definition) is 3. The minimum Gasteiger partial charge on any atom is -0.206 e. The molecule has 1 N–H and O–H groups in total. The highest BCUT2D eigenvalue weighted by molar-refractivity contribution is 8.02. The number of thioether (sulfide) groups is 1. The van der Waals surface area contributed by atoms with Gasteiger partial charge in [0.15, 0.2) is 11.2 Å². The Bertz CT molecular complexity index is 246. The van der Waals surface area contributed by atoms with E-state index in [1.165, 1.54) is 0 Å². The lowest BCUT2D eigenvalue weighted by Gasteiger charge is -2.16. The molecule has 0 aliphatic carbocycles. The van der Waals surface area contributed by atoms with Crippen molar-refractivity contribution in [2.45, 2.75) is 26.2 Å². The van der Waals surface area contributed by atoms with Crippen molar-refractivity contribution in [3.05, 3.63) is 11.2 Å². The SMILES string of the molecule is CCCCC1=NC(SC)=C[N+]1(C)O. The van der Waals surface area contributed by atoms with Crippen LogP contribution in [0, 0.1) is 0 Å². The van der Waals surface area contributed by atoms with Crippen molar-refractivity contribution < 1.29 is 9.85 Å². The number of hydrogen-bond donors (Lipinski definition) is 1. The highest BCUT2D eigenvalue weighted by Crippen LogP contribution is 2.25. The van der Waals surface area contributed by atoms with E-state index in [4.69, 9.17) is 0 Å². The fraction of sp³-hybridized carbons (Fsp3) is 0.667. The van der Waals surface area contributed by atoms with E-state index in [1.807, 2.05) is 6.26 Å². The largest absolute Gasteiger partial charge is 0.241 e. The van der Waals surface area contributed by atoms with Crippen molar-refractivity contribution in [2.24, 2.45) is 4.99 Å². The van der Waals surface area contributed by atoms with Crippen molar-refractivity contribution in [3.63, 3.8) is 0 Å². The lowest BCUT2D eigenvalue weighted by molar-refractivity contribution is -0.972. The average molecular weight is 201 g/mol. The Labute approximate surface area is 83.7 Å². The van der Waals surface area contributed by atoms with Gasteiger partial charge in [-0.1, -0.05) is 13.3 Å². The van der Waals surface area contributed by atoms with Gasteiger partial charge in [-0.25, -0.2) is 5.21 Å². The Morgan fingerprint density at radius 2 is 2.31 bits per heavy atom. The highest BCUT2D eigenvalue weighted by atomic mass is 32.2. The van der Waals surface area contributed by atoms with Crippen LogP contribution < -0.4 is 0 Å². The van der Waals surface area contributed by atoms with Gasteiger partial charge in [-0.05, 0) is 12.7 Å². The van der Waals surface area contributed by atoms with Crippen molar-refractivity contribution in [2.75, 3.05) is 13.3 Å². The molecule has 0 spiro atoms. The molecule has 3 nitrogen and oxygen atoms in total. The van der Waals surface area contributed by atoms with Gasteiger partial charge in [0.2, 0.25) is 5.84 Å². The Hall–Kier alpha value is -0.320. The smallest absolute Gasteiger partial charge is 0.206 e. The second kappa shape index (κ2) is 4.26. The minimum absolute atomic E-state index is 0.157. The van der Waals surface area contributed by atoms with Crippen molar-refractivity contribution in [1.29, 1.82) is 0 Å². The van der Waals surface area contributed by atoms with Gasteiger partial charge in [0.05, 0.1) is 0 Å². The lowest BCUT2D eigenvalue weighted by Crippen LogP contribution is -2.38. The topological polar surface area (TPSA) is 32.6 Å². The molecule has 1 aliphatic heterocycles. The Kier molecular flexibility index (Phi) is 3.53. The molecular formula is C9H17N2OS+. The van der Waals surface area contributed by atoms with Gasteiger partial charge < -0.3 is 0 Å². The molecule has 4 heteroatoms. The monoisotopic (exact) mass is 201 g/mol. The van der Waals surface area contributed by atoms with E-state index in [-0.39, 0.29) is 4.65 Å². The first kappa shape index (κ1) is 10.8. The van der Waals surface area contributed by atoms with Crippen LogP contribution in [0.15, 0.2) is 16.2 Å². The van der Waals surface area contributed by atoms with Crippen LogP contribution in [0.25, 0.3) is 0 Å². The standard InChI is InChI=1S/C9H17N2OS/c1-4-5-6-8-10-9(13-3)7-11(8,2)12/h7,12H,4-6H2,1-3H3/q+1. The van der Waals surface area contributed by atoms with Crippen molar-refractivity contribution >= 4 is 17.6 Å². The highest BCUT2D eigenvalue weighted by Gasteiger charge is 2.31. The quantitative estimate of drug-likeness (QED) is 0.709. The van der Waals surface area contributed by atoms with Crippen LogP contribution in [-0.2, 0) is 0 Å². The lowest BCUT2D eigenvalue weighted by atomic mass is 10.2. The zero-order valence-corrected chi connectivity index (χ0v) is 9.27. The maximum atomic E-state index is 9.90. The number of quaternary nitrogens is 1. The van der Waals surface area contributed by atoms with Crippen LogP contribution in [0.4, 0.5) is 0 Å². The molecule has 0 saturated heterocycles. The Balaban J connectivity index is 2.66. The van der Waals surface area contributed by atoms with E-state index >= 15 is 0 Å². The Morgan fingerprint density at radius 3 is 2.77 bits per heavy atom. The predicted octanol–water partition coefficient (Wildman–Crippen LogP) is 2.59. The first-order valence-corrected chi connectivity index (χ1v) is 5.76. The summed E-state index contributed by atoms with van der Waals surface area (Å²) in [6.45, 7) is 2.14. The van der Waals surface area contributed by atoms with Crippen LogP contribution in [0.1, 0.15) is 26.2 Å². The summed E-state index contributed by atoms with van der Waals surface area (Å²) in [6.07, 6.45) is 6.84. The summed E-state index contributed by atoms with van der Waals surface area (Å²) >= 11 is 1.57. The molecular weight excluding hydrogens is 184 g/mol. The van der Waals surface area contributed by atoms with E-state index in [2.05, 4.69) is 11.9 Å². The third kappa shape index (κ3) is 2.56. The van der Waals surface area contributed by atoms with E-state index in [9.17, 15) is 5.21 Å². The Morgan fingerprint density at radius 1 is 1.62 bits per heavy atom. The second-order valence-electron chi connectivity index (χ2n) is 3.33. The molecule has 0 saturated carbocycles. The fourth-order valence-electron chi connectivity index (χ4n) is 1.26. The van der Waals surface area contributed by atoms with Crippen LogP contribution in [0.2, 0.25) is 0 Å². The van der Waals surface area contributed by atoms with Gasteiger partial charge in [0.1, 0.15) is 7.05 Å². The van der Waals surface area contributed by atoms with Crippen LogP contribution >= 0.6 is 11.8 Å². The van der Waals surface area contributed by atoms with Gasteiger partial charge in [-0.2, -0.15) is 4.99 Å². The molecule has 0 radical (unpaired) electrons. The number of amidine groups is 1. The number of nitrogens with zero attached hydrogens (tertiary/aromatic N) is 2. The molecule has 0 amide bonds. The summed E-state index contributed by atoms with van der Waals surface area (Å²) in [5.74, 6) is 0.853. The van der Waals surface area contributed by atoms with E-state index in [0.717, 1.165) is 30.1 Å². The van der Waals surface area contributed by atoms with E-state index in [1.54, 1.807) is 25.0 Å². The number of unbranched alkanes of at least 4 members (excludes halogenated alkanes) is 1. The molecule has 1 atom stereocenters. The van der Waals surface area contributed by atoms with Gasteiger partial charge >= 0.3 is 0 Å². The van der Waals surface area contributed by atoms with Crippen LogP contribution in [0.5, 0.6) is 0 Å². The van der Waals surface area contributed by atoms with E-state index in [0.29, 0.717) is 0 Å². The van der Waals surface area contributed by atoms with E-state index < -0.39 is 0 Å². The maximum absolute atomic E-state index is 9.90. The van der Waals surface area contributed by atoms with Gasteiger partial charge in [0, 0.05) is 6.42 Å². The predicted molar refractivity (Wildman–Crippen MR) is 56.5 cm³/mol. The second-order valence-corrected chi connectivity index (χ2v) is 4.16. The normalized spacial score (nSPS) is 27.4. The van der Waals surface area contributed by atoms with Crippen LogP contribution in [-0.4, -0.2) is 29.0 Å². The molecule has 1 heterocycles. The zero-order valence-electron chi connectivity index (χ0n) is 8.45. The molecule has 0 fully saturated rings.